The van der Waals surface area contributed by atoms with Crippen molar-refractivity contribution in [1.29, 1.82) is 0 Å². The summed E-state index contributed by atoms with van der Waals surface area (Å²) in [5.41, 5.74) is 0. The van der Waals surface area contributed by atoms with Crippen molar-refractivity contribution in [2.45, 2.75) is 193 Å². The van der Waals surface area contributed by atoms with Gasteiger partial charge in [-0.15, -0.1) is 0 Å². The van der Waals surface area contributed by atoms with Crippen LogP contribution < -0.4 is 0 Å². The number of hydrogen-bond acceptors (Lipinski definition) is 7. The molecule has 350 valence electrons. The zero-order valence-corrected chi connectivity index (χ0v) is 40.5. The zero-order chi connectivity index (χ0) is 42.6. The Bertz CT molecular complexity index is 762. The second kappa shape index (κ2) is 35.2. The first-order valence-electron chi connectivity index (χ1n) is 24.3. The van der Waals surface area contributed by atoms with E-state index >= 15 is 0 Å². The summed E-state index contributed by atoms with van der Waals surface area (Å²) >= 11 is 0. The van der Waals surface area contributed by atoms with Gasteiger partial charge in [0.15, 0.2) is 0 Å². The summed E-state index contributed by atoms with van der Waals surface area (Å²) in [5.74, 6) is 8.94. The van der Waals surface area contributed by atoms with Gasteiger partial charge in [-0.05, 0) is 130 Å². The van der Waals surface area contributed by atoms with Crippen molar-refractivity contribution < 1.29 is 33.2 Å². The molecule has 0 aromatic heterocycles. The van der Waals surface area contributed by atoms with Crippen molar-refractivity contribution in [3.63, 3.8) is 0 Å². The third-order valence-corrected chi connectivity index (χ3v) is 13.0. The van der Waals surface area contributed by atoms with E-state index in [-0.39, 0.29) is 7.43 Å². The average Bonchev–Trinajstić information content (AvgIpc) is 3.89. The maximum atomic E-state index is 5.54. The molecule has 7 aliphatic heterocycles. The summed E-state index contributed by atoms with van der Waals surface area (Å²) in [6, 6.07) is 0. The fourth-order valence-corrected chi connectivity index (χ4v) is 7.59. The average molecular weight is 829 g/mol. The third kappa shape index (κ3) is 27.6. The normalized spacial score (nSPS) is 27.2. The van der Waals surface area contributed by atoms with Crippen LogP contribution in [-0.4, -0.2) is 91.0 Å². The van der Waals surface area contributed by atoms with Crippen LogP contribution >= 0.6 is 0 Å². The molecule has 7 rings (SSSR count). The molecular formula is C51H104O7. The summed E-state index contributed by atoms with van der Waals surface area (Å²) in [7, 11) is 0. The molecule has 5 atom stereocenters. The van der Waals surface area contributed by atoms with Gasteiger partial charge in [0.1, 0.15) is 0 Å². The Hall–Kier alpha value is -0.280. The van der Waals surface area contributed by atoms with E-state index < -0.39 is 0 Å². The minimum absolute atomic E-state index is 0. The van der Waals surface area contributed by atoms with E-state index in [0.717, 1.165) is 132 Å². The minimum Gasteiger partial charge on any atom is -0.381 e. The smallest absolute Gasteiger partial charge is 0.0619 e. The van der Waals surface area contributed by atoms with Gasteiger partial charge in [0.2, 0.25) is 0 Å². The summed E-state index contributed by atoms with van der Waals surface area (Å²) in [4.78, 5) is 0. The van der Waals surface area contributed by atoms with Crippen LogP contribution in [0.2, 0.25) is 0 Å². The van der Waals surface area contributed by atoms with Crippen LogP contribution in [0.5, 0.6) is 0 Å². The second-order valence-electron chi connectivity index (χ2n) is 20.2. The molecule has 5 unspecified atom stereocenters. The Labute approximate surface area is 363 Å². The van der Waals surface area contributed by atoms with E-state index in [1.54, 1.807) is 0 Å². The Morgan fingerprint density at radius 1 is 0.276 bits per heavy atom. The molecule has 0 aliphatic carbocycles. The first kappa shape index (κ1) is 57.7. The van der Waals surface area contributed by atoms with Crippen LogP contribution in [0.15, 0.2) is 0 Å². The van der Waals surface area contributed by atoms with Gasteiger partial charge in [-0.2, -0.15) is 0 Å². The van der Waals surface area contributed by atoms with Crippen LogP contribution in [0, 0.1) is 65.1 Å². The minimum atomic E-state index is 0. The lowest BCUT2D eigenvalue weighted by Gasteiger charge is -2.29. The topological polar surface area (TPSA) is 64.6 Å². The van der Waals surface area contributed by atoms with E-state index in [9.17, 15) is 0 Å². The highest BCUT2D eigenvalue weighted by atomic mass is 16.5. The van der Waals surface area contributed by atoms with Crippen molar-refractivity contribution in [2.24, 2.45) is 65.1 Å². The third-order valence-electron chi connectivity index (χ3n) is 13.0. The van der Waals surface area contributed by atoms with Gasteiger partial charge >= 0.3 is 0 Å². The molecule has 7 aliphatic rings. The molecule has 0 saturated carbocycles. The maximum absolute atomic E-state index is 5.54. The summed E-state index contributed by atoms with van der Waals surface area (Å²) < 4.78 is 37.0. The van der Waals surface area contributed by atoms with Crippen molar-refractivity contribution in [1.82, 2.24) is 0 Å². The first-order valence-corrected chi connectivity index (χ1v) is 24.3. The Morgan fingerprint density at radius 2 is 0.638 bits per heavy atom. The molecular weight excluding hydrogens is 725 g/mol. The molecule has 0 radical (unpaired) electrons. The Kier molecular flexibility index (Phi) is 35.0. The second-order valence-corrected chi connectivity index (χ2v) is 20.2. The quantitative estimate of drug-likeness (QED) is 0.253. The van der Waals surface area contributed by atoms with Gasteiger partial charge in [0.25, 0.3) is 0 Å². The lowest BCUT2D eigenvalue weighted by atomic mass is 9.89. The highest BCUT2D eigenvalue weighted by Gasteiger charge is 2.23. The molecule has 7 heteroatoms. The molecule has 0 spiro atoms. The predicted molar refractivity (Wildman–Crippen MR) is 248 cm³/mol. The van der Waals surface area contributed by atoms with Crippen LogP contribution in [0.25, 0.3) is 0 Å². The molecule has 0 N–H and O–H groups in total. The Balaban J connectivity index is 0.000000653. The van der Waals surface area contributed by atoms with Crippen LogP contribution in [0.3, 0.4) is 0 Å². The standard InChI is InChI=1S/3C8H16O.2C7H14O.2C6H12O.CH4/c1-7(2)8-3-5-9-6-4-8;1-7(2)8-4-3-5-9-6-8;1-7(2)8-5-3-4-6-9-8;1-6(2)7-3-4-8-5-7;1-6(2)7-4-3-5-8-7;1-5(2)6-3-7-4-6;1-5(2)6-3-4-7-6;/h3*7-8H,3-6H2,1-2H3;2*6-7H,3-5H2,1-2H3;2*5-6H,3-4H2,1-2H3;1H4. The summed E-state index contributed by atoms with van der Waals surface area (Å²) in [6.07, 6.45) is 15.9. The number of rotatable bonds is 7. The lowest BCUT2D eigenvalue weighted by Crippen LogP contribution is -2.31. The van der Waals surface area contributed by atoms with Gasteiger partial charge < -0.3 is 33.2 Å². The zero-order valence-electron chi connectivity index (χ0n) is 40.5. The van der Waals surface area contributed by atoms with Crippen molar-refractivity contribution in [3.05, 3.63) is 0 Å². The molecule has 0 aromatic rings. The molecule has 0 aromatic carbocycles. The molecule has 58 heavy (non-hydrogen) atoms. The Morgan fingerprint density at radius 3 is 0.845 bits per heavy atom. The van der Waals surface area contributed by atoms with E-state index in [0.29, 0.717) is 24.2 Å². The monoisotopic (exact) mass is 829 g/mol. The highest BCUT2D eigenvalue weighted by molar-refractivity contribution is 4.71. The molecule has 7 nitrogen and oxygen atoms in total. The van der Waals surface area contributed by atoms with Crippen LogP contribution in [0.1, 0.15) is 175 Å². The molecule has 7 fully saturated rings. The van der Waals surface area contributed by atoms with E-state index in [1.807, 2.05) is 0 Å². The summed E-state index contributed by atoms with van der Waals surface area (Å²) in [5, 5.41) is 0. The number of ether oxygens (including phenoxy) is 7. The molecule has 7 saturated heterocycles. The van der Waals surface area contributed by atoms with E-state index in [4.69, 9.17) is 33.2 Å². The number of hydrogen-bond donors (Lipinski definition) is 0. The highest BCUT2D eigenvalue weighted by Crippen LogP contribution is 2.24. The van der Waals surface area contributed by atoms with Gasteiger partial charge in [-0.1, -0.05) is 104 Å². The van der Waals surface area contributed by atoms with E-state index in [1.165, 1.54) is 70.6 Å². The van der Waals surface area contributed by atoms with Gasteiger partial charge in [0, 0.05) is 65.4 Å². The predicted octanol–water partition coefficient (Wildman–Crippen LogP) is 13.2. The van der Waals surface area contributed by atoms with Crippen molar-refractivity contribution in [3.8, 4) is 0 Å². The molecule has 7 heterocycles. The lowest BCUT2D eigenvalue weighted by molar-refractivity contribution is -0.0763. The fourth-order valence-electron chi connectivity index (χ4n) is 7.59. The largest absolute Gasteiger partial charge is 0.381 e. The SMILES string of the molecule is C.CC(C)C1CCCCO1.CC(C)C1CCCO1.CC(C)C1CCCOC1.CC(C)C1CCO1.CC(C)C1CCOC1.CC(C)C1CCOCC1.CC(C)C1COC1. The fraction of sp³-hybridized carbons (Fsp3) is 1.00. The van der Waals surface area contributed by atoms with Crippen molar-refractivity contribution in [2.75, 3.05) is 72.7 Å². The van der Waals surface area contributed by atoms with Gasteiger partial charge in [0.05, 0.1) is 31.5 Å². The summed E-state index contributed by atoms with van der Waals surface area (Å²) in [6.45, 7) is 42.4. The molecule has 0 bridgehead atoms. The van der Waals surface area contributed by atoms with Gasteiger partial charge in [-0.25, -0.2) is 0 Å². The van der Waals surface area contributed by atoms with Gasteiger partial charge in [-0.3, -0.25) is 0 Å². The van der Waals surface area contributed by atoms with Crippen LogP contribution in [0.4, 0.5) is 0 Å². The molecule has 0 amide bonds. The van der Waals surface area contributed by atoms with Crippen LogP contribution in [-0.2, 0) is 33.2 Å². The maximum Gasteiger partial charge on any atom is 0.0619 e. The van der Waals surface area contributed by atoms with Crippen molar-refractivity contribution >= 4 is 0 Å². The first-order chi connectivity index (χ1) is 27.1. The van der Waals surface area contributed by atoms with E-state index in [2.05, 4.69) is 96.9 Å².